The smallest absolute Gasteiger partial charge is 0.155 e. The van der Waals surface area contributed by atoms with Gasteiger partial charge in [0.15, 0.2) is 5.65 Å². The number of pyridine rings is 2. The molecule has 5 heterocycles. The van der Waals surface area contributed by atoms with Crippen LogP contribution in [0.1, 0.15) is 0 Å². The summed E-state index contributed by atoms with van der Waals surface area (Å²) in [6.45, 7) is 1.56. The van der Waals surface area contributed by atoms with Gasteiger partial charge in [-0.1, -0.05) is 0 Å². The van der Waals surface area contributed by atoms with Crippen LogP contribution in [0.2, 0.25) is 0 Å². The van der Waals surface area contributed by atoms with Gasteiger partial charge < -0.3 is 15.2 Å². The van der Waals surface area contributed by atoms with Crippen LogP contribution in [0, 0.1) is 5.82 Å². The van der Waals surface area contributed by atoms with Crippen molar-refractivity contribution in [2.75, 3.05) is 32.5 Å². The molecular weight excluding hydrogens is 469 g/mol. The Labute approximate surface area is 212 Å². The number of hydrogen-bond donors (Lipinski definition) is 3. The Hall–Kier alpha value is -4.57. The first-order valence-electron chi connectivity index (χ1n) is 11.9. The number of aryl methyl sites for hydroxylation is 1. The molecule has 0 radical (unpaired) electrons. The molecule has 0 saturated carbocycles. The summed E-state index contributed by atoms with van der Waals surface area (Å²) in [5, 5.41) is 17.0. The summed E-state index contributed by atoms with van der Waals surface area (Å²) in [4.78, 5) is 14.5. The quantitative estimate of drug-likeness (QED) is 0.297. The number of rotatable bonds is 7. The summed E-state index contributed by atoms with van der Waals surface area (Å²) in [7, 11) is 5.90. The third-order valence-electron chi connectivity index (χ3n) is 6.35. The van der Waals surface area contributed by atoms with Crippen LogP contribution in [-0.4, -0.2) is 67.0 Å². The minimum absolute atomic E-state index is 0.301. The van der Waals surface area contributed by atoms with E-state index in [2.05, 4.69) is 46.5 Å². The van der Waals surface area contributed by atoms with E-state index in [4.69, 9.17) is 0 Å². The number of H-pyrrole nitrogens is 2. The topological polar surface area (TPSA) is 103 Å². The van der Waals surface area contributed by atoms with Gasteiger partial charge in [0.25, 0.3) is 0 Å². The first-order valence-corrected chi connectivity index (χ1v) is 11.9. The van der Waals surface area contributed by atoms with E-state index in [-0.39, 0.29) is 5.82 Å². The minimum atomic E-state index is -0.301. The molecule has 0 aliphatic heterocycles. The summed E-state index contributed by atoms with van der Waals surface area (Å²) in [5.74, 6) is -0.301. The number of aromatic amines is 2. The number of likely N-dealkylation sites (N-methyl/N-ethyl adjacent to an activating group) is 1. The molecule has 0 amide bonds. The lowest BCUT2D eigenvalue weighted by Crippen LogP contribution is -2.20. The van der Waals surface area contributed by atoms with Crippen molar-refractivity contribution < 1.29 is 4.39 Å². The van der Waals surface area contributed by atoms with Gasteiger partial charge in [0.2, 0.25) is 0 Å². The van der Waals surface area contributed by atoms with Crippen molar-refractivity contribution in [3.05, 3.63) is 67.1 Å². The predicted octanol–water partition coefficient (Wildman–Crippen LogP) is 4.68. The van der Waals surface area contributed by atoms with Gasteiger partial charge in [-0.2, -0.15) is 10.2 Å². The average Bonchev–Trinajstić information content (AvgIpc) is 3.60. The molecule has 0 bridgehead atoms. The largest absolute Gasteiger partial charge is 0.384 e. The Morgan fingerprint density at radius 2 is 1.86 bits per heavy atom. The number of halogens is 1. The van der Waals surface area contributed by atoms with Crippen molar-refractivity contribution in [3.63, 3.8) is 0 Å². The molecule has 186 valence electrons. The van der Waals surface area contributed by atoms with E-state index in [1.165, 1.54) is 12.1 Å². The highest BCUT2D eigenvalue weighted by Crippen LogP contribution is 2.35. The Morgan fingerprint density at radius 3 is 2.68 bits per heavy atom. The average molecular weight is 496 g/mol. The highest BCUT2D eigenvalue weighted by molar-refractivity contribution is 6.00. The van der Waals surface area contributed by atoms with Crippen LogP contribution in [-0.2, 0) is 7.05 Å². The molecular formula is C27H26FN9. The Morgan fingerprint density at radius 1 is 0.973 bits per heavy atom. The number of hydrogen-bond acceptors (Lipinski definition) is 6. The number of fused-ring (bicyclic) bond motifs is 2. The number of nitrogens with zero attached hydrogens (tertiary/aromatic N) is 6. The zero-order valence-electron chi connectivity index (χ0n) is 20.7. The number of aromatic nitrogens is 7. The second-order valence-electron chi connectivity index (χ2n) is 9.38. The second kappa shape index (κ2) is 9.14. The monoisotopic (exact) mass is 495 g/mol. The zero-order valence-corrected chi connectivity index (χ0v) is 20.7. The van der Waals surface area contributed by atoms with Gasteiger partial charge in [-0.05, 0) is 50.0 Å². The molecule has 0 fully saturated rings. The molecule has 0 saturated heterocycles. The summed E-state index contributed by atoms with van der Waals surface area (Å²) in [5.41, 5.74) is 7.36. The lowest BCUT2D eigenvalue weighted by atomic mass is 10.0. The van der Waals surface area contributed by atoms with Crippen LogP contribution in [0.15, 0.2) is 61.3 Å². The molecule has 3 N–H and O–H groups in total. The standard InChI is InChI=1S/C27H26FN9/c1-36(2)5-4-30-20-7-16(6-19(28)9-20)23-13-29-14-25-21(23)10-24(33-25)26-22-8-17(11-31-27(22)35-34-26)18-12-32-37(3)15-18/h6-15,30,33H,4-5H2,1-3H3,(H,31,34,35). The maximum absolute atomic E-state index is 14.6. The van der Waals surface area contributed by atoms with Gasteiger partial charge >= 0.3 is 0 Å². The van der Waals surface area contributed by atoms with Crippen molar-refractivity contribution in [2.24, 2.45) is 7.05 Å². The summed E-state index contributed by atoms with van der Waals surface area (Å²) >= 11 is 0. The third kappa shape index (κ3) is 4.43. The van der Waals surface area contributed by atoms with Crippen molar-refractivity contribution in [2.45, 2.75) is 0 Å². The van der Waals surface area contributed by atoms with E-state index in [1.54, 1.807) is 17.1 Å². The van der Waals surface area contributed by atoms with Crippen LogP contribution in [0.4, 0.5) is 10.1 Å². The van der Waals surface area contributed by atoms with Gasteiger partial charge in [-0.3, -0.25) is 14.8 Å². The molecule has 6 rings (SSSR count). The van der Waals surface area contributed by atoms with Crippen LogP contribution >= 0.6 is 0 Å². The number of anilines is 1. The second-order valence-corrected chi connectivity index (χ2v) is 9.38. The molecule has 0 aliphatic rings. The molecule has 0 atom stereocenters. The van der Waals surface area contributed by atoms with E-state index in [0.717, 1.165) is 62.2 Å². The van der Waals surface area contributed by atoms with Crippen LogP contribution < -0.4 is 5.32 Å². The van der Waals surface area contributed by atoms with Crippen molar-refractivity contribution in [1.29, 1.82) is 0 Å². The van der Waals surface area contributed by atoms with Crippen LogP contribution in [0.5, 0.6) is 0 Å². The van der Waals surface area contributed by atoms with Crippen molar-refractivity contribution in [3.8, 4) is 33.6 Å². The summed E-state index contributed by atoms with van der Waals surface area (Å²) in [6, 6.07) is 9.09. The molecule has 1 aromatic carbocycles. The van der Waals surface area contributed by atoms with E-state index in [0.29, 0.717) is 12.2 Å². The van der Waals surface area contributed by atoms with Gasteiger partial charge in [0.05, 0.1) is 23.6 Å². The molecule has 9 nitrogen and oxygen atoms in total. The third-order valence-corrected chi connectivity index (χ3v) is 6.35. The molecule has 5 aromatic heterocycles. The normalized spacial score (nSPS) is 11.7. The first-order chi connectivity index (χ1) is 17.9. The lowest BCUT2D eigenvalue weighted by molar-refractivity contribution is 0.425. The van der Waals surface area contributed by atoms with Gasteiger partial charge in [0, 0.05) is 71.9 Å². The zero-order chi connectivity index (χ0) is 25.5. The van der Waals surface area contributed by atoms with E-state index in [9.17, 15) is 4.39 Å². The van der Waals surface area contributed by atoms with Crippen LogP contribution in [0.3, 0.4) is 0 Å². The summed E-state index contributed by atoms with van der Waals surface area (Å²) < 4.78 is 16.3. The van der Waals surface area contributed by atoms with E-state index in [1.807, 2.05) is 51.9 Å². The van der Waals surface area contributed by atoms with Crippen LogP contribution in [0.25, 0.3) is 55.6 Å². The molecule has 0 aliphatic carbocycles. The predicted molar refractivity (Wildman–Crippen MR) is 144 cm³/mol. The van der Waals surface area contributed by atoms with Crippen molar-refractivity contribution >= 4 is 27.6 Å². The summed E-state index contributed by atoms with van der Waals surface area (Å²) in [6.07, 6.45) is 9.11. The molecule has 0 unspecified atom stereocenters. The van der Waals surface area contributed by atoms with Gasteiger partial charge in [0.1, 0.15) is 11.5 Å². The number of benzene rings is 1. The molecule has 10 heteroatoms. The van der Waals surface area contributed by atoms with Gasteiger partial charge in [-0.25, -0.2) is 9.37 Å². The Balaban J connectivity index is 1.40. The first kappa shape index (κ1) is 22.9. The van der Waals surface area contributed by atoms with Crippen molar-refractivity contribution in [1.82, 2.24) is 39.8 Å². The highest BCUT2D eigenvalue weighted by Gasteiger charge is 2.16. The van der Waals surface area contributed by atoms with E-state index < -0.39 is 0 Å². The number of nitrogens with one attached hydrogen (secondary N) is 3. The highest BCUT2D eigenvalue weighted by atomic mass is 19.1. The maximum Gasteiger partial charge on any atom is 0.155 e. The Bertz CT molecular complexity index is 1730. The Kier molecular flexibility index (Phi) is 5.65. The molecule has 0 spiro atoms. The lowest BCUT2D eigenvalue weighted by Gasteiger charge is -2.13. The molecule has 6 aromatic rings. The molecule has 37 heavy (non-hydrogen) atoms. The fourth-order valence-corrected chi connectivity index (χ4v) is 4.52. The van der Waals surface area contributed by atoms with E-state index >= 15 is 0 Å². The minimum Gasteiger partial charge on any atom is -0.384 e. The SMILES string of the molecule is CN(C)CCNc1cc(F)cc(-c2cncc3[nH]c(-c4n[nH]c5ncc(-c6cnn(C)c6)cc45)cc23)c1. The maximum atomic E-state index is 14.6. The fourth-order valence-electron chi connectivity index (χ4n) is 4.52. The van der Waals surface area contributed by atoms with Gasteiger partial charge in [-0.15, -0.1) is 0 Å². The fraction of sp³-hybridized carbons (Fsp3) is 0.185.